The molecule has 0 radical (unpaired) electrons. The number of anilines is 2. The van der Waals surface area contributed by atoms with Crippen molar-refractivity contribution >= 4 is 17.7 Å². The molecular formula is C17H17NO. The fraction of sp³-hybridized carbons (Fsp3) is 0.235. The third-order valence-corrected chi connectivity index (χ3v) is 3.69. The molecule has 0 bridgehead atoms. The zero-order valence-electron chi connectivity index (χ0n) is 11.1. The second-order valence-electron chi connectivity index (χ2n) is 5.10. The van der Waals surface area contributed by atoms with Crippen LogP contribution in [-0.4, -0.2) is 12.8 Å². The van der Waals surface area contributed by atoms with Crippen molar-refractivity contribution in [2.45, 2.75) is 19.8 Å². The van der Waals surface area contributed by atoms with Gasteiger partial charge in [0.15, 0.2) is 0 Å². The van der Waals surface area contributed by atoms with Crippen molar-refractivity contribution in [3.8, 4) is 0 Å². The molecule has 2 aromatic rings. The highest BCUT2D eigenvalue weighted by molar-refractivity contribution is 5.77. The minimum Gasteiger partial charge on any atom is -0.341 e. The summed E-state index contributed by atoms with van der Waals surface area (Å²) < 4.78 is 0. The molecule has 0 saturated carbocycles. The van der Waals surface area contributed by atoms with Crippen LogP contribution in [0.5, 0.6) is 0 Å². The minimum absolute atomic E-state index is 0.727. The molecule has 0 unspecified atom stereocenters. The predicted octanol–water partition coefficient (Wildman–Crippen LogP) is 3.89. The molecule has 0 amide bonds. The number of rotatable bonds is 2. The molecule has 3 rings (SSSR count). The van der Waals surface area contributed by atoms with Gasteiger partial charge in [-0.3, -0.25) is 4.79 Å². The molecule has 1 aliphatic rings. The average Bonchev–Trinajstić information content (AvgIpc) is 2.46. The largest absolute Gasteiger partial charge is 0.341 e. The van der Waals surface area contributed by atoms with E-state index in [0.717, 1.165) is 30.5 Å². The Balaban J connectivity index is 2.00. The number of carbonyl (C=O) groups excluding carboxylic acids is 1. The molecule has 0 aliphatic carbocycles. The van der Waals surface area contributed by atoms with Gasteiger partial charge in [0.05, 0.1) is 0 Å². The monoisotopic (exact) mass is 251 g/mol. The fourth-order valence-electron chi connectivity index (χ4n) is 2.73. The number of aryl methyl sites for hydroxylation is 2. The first kappa shape index (κ1) is 12.0. The van der Waals surface area contributed by atoms with Crippen molar-refractivity contribution in [3.63, 3.8) is 0 Å². The average molecular weight is 251 g/mol. The number of benzene rings is 2. The van der Waals surface area contributed by atoms with Crippen LogP contribution in [0, 0.1) is 6.92 Å². The van der Waals surface area contributed by atoms with Gasteiger partial charge in [-0.1, -0.05) is 17.7 Å². The van der Waals surface area contributed by atoms with E-state index in [0.29, 0.717) is 0 Å². The van der Waals surface area contributed by atoms with Crippen LogP contribution in [0.25, 0.3) is 0 Å². The van der Waals surface area contributed by atoms with Crippen LogP contribution in [-0.2, 0) is 6.42 Å². The van der Waals surface area contributed by atoms with E-state index in [1.165, 1.54) is 23.2 Å². The summed E-state index contributed by atoms with van der Waals surface area (Å²) in [5, 5.41) is 0. The first-order valence-electron chi connectivity index (χ1n) is 6.70. The molecule has 2 nitrogen and oxygen atoms in total. The van der Waals surface area contributed by atoms with Crippen molar-refractivity contribution in [2.75, 3.05) is 11.4 Å². The van der Waals surface area contributed by atoms with Gasteiger partial charge >= 0.3 is 0 Å². The topological polar surface area (TPSA) is 20.3 Å². The van der Waals surface area contributed by atoms with Gasteiger partial charge in [0.2, 0.25) is 0 Å². The van der Waals surface area contributed by atoms with E-state index in [4.69, 9.17) is 0 Å². The second-order valence-corrected chi connectivity index (χ2v) is 5.10. The first-order chi connectivity index (χ1) is 9.28. The summed E-state index contributed by atoms with van der Waals surface area (Å²) >= 11 is 0. The van der Waals surface area contributed by atoms with Crippen LogP contribution in [0.4, 0.5) is 11.4 Å². The molecule has 0 atom stereocenters. The van der Waals surface area contributed by atoms with Crippen LogP contribution in [0.1, 0.15) is 27.9 Å². The van der Waals surface area contributed by atoms with E-state index in [1.54, 1.807) is 0 Å². The van der Waals surface area contributed by atoms with Gasteiger partial charge in [0, 0.05) is 23.5 Å². The maximum atomic E-state index is 10.7. The number of fused-ring (bicyclic) bond motifs is 1. The number of hydrogen-bond donors (Lipinski definition) is 0. The van der Waals surface area contributed by atoms with Crippen molar-refractivity contribution in [1.82, 2.24) is 0 Å². The maximum absolute atomic E-state index is 10.7. The first-order valence-corrected chi connectivity index (χ1v) is 6.70. The lowest BCUT2D eigenvalue weighted by Gasteiger charge is -2.31. The summed E-state index contributed by atoms with van der Waals surface area (Å²) in [6.45, 7) is 3.18. The van der Waals surface area contributed by atoms with Gasteiger partial charge in [-0.15, -0.1) is 0 Å². The minimum atomic E-state index is 0.727. The molecule has 0 N–H and O–H groups in total. The molecule has 96 valence electrons. The highest BCUT2D eigenvalue weighted by atomic mass is 16.1. The van der Waals surface area contributed by atoms with Crippen LogP contribution < -0.4 is 4.90 Å². The molecular weight excluding hydrogens is 234 g/mol. The molecule has 19 heavy (non-hydrogen) atoms. The van der Waals surface area contributed by atoms with Gasteiger partial charge in [-0.2, -0.15) is 0 Å². The summed E-state index contributed by atoms with van der Waals surface area (Å²) in [6, 6.07) is 14.5. The number of hydrogen-bond acceptors (Lipinski definition) is 2. The van der Waals surface area contributed by atoms with Crippen molar-refractivity contribution < 1.29 is 4.79 Å². The highest BCUT2D eigenvalue weighted by Crippen LogP contribution is 2.33. The Labute approximate surface area is 113 Å². The Morgan fingerprint density at radius 1 is 1.11 bits per heavy atom. The lowest BCUT2D eigenvalue weighted by Crippen LogP contribution is -2.24. The van der Waals surface area contributed by atoms with Crippen molar-refractivity contribution in [1.29, 1.82) is 0 Å². The van der Waals surface area contributed by atoms with E-state index in [2.05, 4.69) is 30.0 Å². The van der Waals surface area contributed by atoms with Crippen molar-refractivity contribution in [3.05, 3.63) is 59.2 Å². The third-order valence-electron chi connectivity index (χ3n) is 3.69. The van der Waals surface area contributed by atoms with E-state index in [1.807, 2.05) is 24.3 Å². The Kier molecular flexibility index (Phi) is 3.08. The zero-order chi connectivity index (χ0) is 13.2. The summed E-state index contributed by atoms with van der Waals surface area (Å²) in [5.74, 6) is 0. The van der Waals surface area contributed by atoms with Crippen LogP contribution >= 0.6 is 0 Å². The number of nitrogens with zero attached hydrogens (tertiary/aromatic N) is 1. The number of aldehydes is 1. The third kappa shape index (κ3) is 2.26. The smallest absolute Gasteiger partial charge is 0.150 e. The molecule has 2 heteroatoms. The molecule has 0 spiro atoms. The second kappa shape index (κ2) is 4.88. The molecule has 0 saturated heterocycles. The van der Waals surface area contributed by atoms with Crippen LogP contribution in [0.15, 0.2) is 42.5 Å². The normalized spacial score (nSPS) is 14.1. The van der Waals surface area contributed by atoms with Gasteiger partial charge in [-0.05, 0) is 55.7 Å². The SMILES string of the molecule is Cc1ccc2c(c1)CCCN2c1ccc(C=O)cc1. The molecule has 1 aliphatic heterocycles. The maximum Gasteiger partial charge on any atom is 0.150 e. The zero-order valence-corrected chi connectivity index (χ0v) is 11.1. The summed E-state index contributed by atoms with van der Waals surface area (Å²) in [6.07, 6.45) is 3.21. The Morgan fingerprint density at radius 3 is 2.63 bits per heavy atom. The van der Waals surface area contributed by atoms with Crippen LogP contribution in [0.2, 0.25) is 0 Å². The Hall–Kier alpha value is -2.09. The van der Waals surface area contributed by atoms with E-state index in [9.17, 15) is 4.79 Å². The van der Waals surface area contributed by atoms with Crippen LogP contribution in [0.3, 0.4) is 0 Å². The summed E-state index contributed by atoms with van der Waals surface area (Å²) in [4.78, 5) is 13.1. The van der Waals surface area contributed by atoms with E-state index >= 15 is 0 Å². The quantitative estimate of drug-likeness (QED) is 0.755. The predicted molar refractivity (Wildman–Crippen MR) is 78.3 cm³/mol. The fourth-order valence-corrected chi connectivity index (χ4v) is 2.73. The van der Waals surface area contributed by atoms with Gasteiger partial charge in [0.1, 0.15) is 6.29 Å². The molecule has 1 heterocycles. The van der Waals surface area contributed by atoms with E-state index < -0.39 is 0 Å². The Bertz CT molecular complexity index is 601. The number of carbonyl (C=O) groups is 1. The lowest BCUT2D eigenvalue weighted by molar-refractivity contribution is 0.112. The molecule has 0 aromatic heterocycles. The Morgan fingerprint density at radius 2 is 1.89 bits per heavy atom. The van der Waals surface area contributed by atoms with Crippen molar-refractivity contribution in [2.24, 2.45) is 0 Å². The van der Waals surface area contributed by atoms with Gasteiger partial charge < -0.3 is 4.90 Å². The van der Waals surface area contributed by atoms with Gasteiger partial charge in [0.25, 0.3) is 0 Å². The van der Waals surface area contributed by atoms with Gasteiger partial charge in [-0.25, -0.2) is 0 Å². The molecule has 0 fully saturated rings. The molecule has 2 aromatic carbocycles. The standard InChI is InChI=1S/C17H17NO/c1-13-4-9-17-15(11-13)3-2-10-18(17)16-7-5-14(12-19)6-8-16/h4-9,11-12H,2-3,10H2,1H3. The van der Waals surface area contributed by atoms with E-state index in [-0.39, 0.29) is 0 Å². The highest BCUT2D eigenvalue weighted by Gasteiger charge is 2.17. The summed E-state index contributed by atoms with van der Waals surface area (Å²) in [5.41, 5.74) is 5.93. The summed E-state index contributed by atoms with van der Waals surface area (Å²) in [7, 11) is 0. The lowest BCUT2D eigenvalue weighted by atomic mass is 9.99.